The van der Waals surface area contributed by atoms with Crippen LogP contribution in [0.2, 0.25) is 0 Å². The molecule has 8 aromatic rings. The van der Waals surface area contributed by atoms with Gasteiger partial charge in [0.05, 0.1) is 0 Å². The third-order valence-electron chi connectivity index (χ3n) is 9.80. The van der Waals surface area contributed by atoms with Crippen LogP contribution in [0.4, 0.5) is 0 Å². The molecule has 0 radical (unpaired) electrons. The van der Waals surface area contributed by atoms with Crippen LogP contribution in [-0.2, 0) is 0 Å². The molecule has 0 bridgehead atoms. The molecule has 0 saturated carbocycles. The predicted molar refractivity (Wildman–Crippen MR) is 201 cm³/mol. The maximum absolute atomic E-state index is 4.88. The van der Waals surface area contributed by atoms with Crippen molar-refractivity contribution >= 4 is 32.3 Å². The topological polar surface area (TPSA) is 77.3 Å². The normalized spacial score (nSPS) is 11.8. The molecule has 0 spiro atoms. The van der Waals surface area contributed by atoms with E-state index in [1.807, 2.05) is 27.7 Å². The summed E-state index contributed by atoms with van der Waals surface area (Å²) in [6.45, 7) is 18.7. The standard InChI is InChI=1S/C43H38N6/c1-21-17-24(4)39(25(5)18-21)35-20-37-33(43-48-28(8)45-29(9)49-43)15-13-30-34(38-22(2)11-10-12-23(38)3)19-36-32(16-14-31(35)41(36)40(30)37)42-46-26(6)44-27(7)47-42/h10-20H,1-9H3. The summed E-state index contributed by atoms with van der Waals surface area (Å²) in [6.07, 6.45) is 0. The molecule has 8 rings (SSSR count). The number of rotatable bonds is 4. The van der Waals surface area contributed by atoms with Gasteiger partial charge < -0.3 is 0 Å². The van der Waals surface area contributed by atoms with Crippen molar-refractivity contribution in [3.05, 3.63) is 118 Å². The third kappa shape index (κ3) is 4.93. The quantitative estimate of drug-likeness (QED) is 0.179. The molecule has 49 heavy (non-hydrogen) atoms. The molecule has 0 amide bonds. The second-order valence-electron chi connectivity index (χ2n) is 13.6. The monoisotopic (exact) mass is 638 g/mol. The van der Waals surface area contributed by atoms with Crippen molar-refractivity contribution in [1.82, 2.24) is 29.9 Å². The Bertz CT molecular complexity index is 2570. The minimum Gasteiger partial charge on any atom is -0.219 e. The largest absolute Gasteiger partial charge is 0.219 e. The first kappa shape index (κ1) is 30.7. The lowest BCUT2D eigenvalue weighted by molar-refractivity contribution is 0.929. The van der Waals surface area contributed by atoms with E-state index >= 15 is 0 Å². The minimum atomic E-state index is 0.684. The first-order valence-electron chi connectivity index (χ1n) is 16.8. The smallest absolute Gasteiger partial charge is 0.163 e. The molecule has 0 aliphatic heterocycles. The van der Waals surface area contributed by atoms with E-state index in [4.69, 9.17) is 19.9 Å². The fourth-order valence-electron chi connectivity index (χ4n) is 8.09. The van der Waals surface area contributed by atoms with E-state index in [1.54, 1.807) is 0 Å². The average molecular weight is 639 g/mol. The SMILES string of the molecule is Cc1cc(C)c(-c2cc3c(-c4nc(C)nc(C)n4)ccc4c(-c5c(C)cccc5C)cc5c(-c6nc(C)nc(C)n6)ccc2c5c34)c(C)c1. The molecule has 0 saturated heterocycles. The molecule has 6 aromatic carbocycles. The highest BCUT2D eigenvalue weighted by atomic mass is 15.0. The summed E-state index contributed by atoms with van der Waals surface area (Å²) < 4.78 is 0. The van der Waals surface area contributed by atoms with Gasteiger partial charge in [0.25, 0.3) is 0 Å². The van der Waals surface area contributed by atoms with Crippen LogP contribution >= 0.6 is 0 Å². The number of benzene rings is 6. The lowest BCUT2D eigenvalue weighted by atomic mass is 9.80. The Morgan fingerprint density at radius 2 is 0.735 bits per heavy atom. The summed E-state index contributed by atoms with van der Waals surface area (Å²) in [5.74, 6) is 4.19. The van der Waals surface area contributed by atoms with Crippen molar-refractivity contribution in [2.75, 3.05) is 0 Å². The number of nitrogens with zero attached hydrogens (tertiary/aromatic N) is 6. The Morgan fingerprint density at radius 3 is 1.14 bits per heavy atom. The van der Waals surface area contributed by atoms with Gasteiger partial charge in [-0.25, -0.2) is 29.9 Å². The first-order chi connectivity index (χ1) is 23.5. The fraction of sp³-hybridized carbons (Fsp3) is 0.209. The Balaban J connectivity index is 1.65. The van der Waals surface area contributed by atoms with Crippen LogP contribution in [0.25, 0.3) is 77.3 Å². The fourth-order valence-corrected chi connectivity index (χ4v) is 8.09. The third-order valence-corrected chi connectivity index (χ3v) is 9.80. The highest BCUT2D eigenvalue weighted by Gasteiger charge is 2.24. The van der Waals surface area contributed by atoms with Crippen molar-refractivity contribution in [3.8, 4) is 45.0 Å². The minimum absolute atomic E-state index is 0.684. The molecule has 0 atom stereocenters. The summed E-state index contributed by atoms with van der Waals surface area (Å²) in [7, 11) is 0. The zero-order valence-electron chi connectivity index (χ0n) is 29.5. The van der Waals surface area contributed by atoms with Crippen molar-refractivity contribution in [3.63, 3.8) is 0 Å². The van der Waals surface area contributed by atoms with E-state index < -0.39 is 0 Å². The maximum atomic E-state index is 4.88. The van der Waals surface area contributed by atoms with Gasteiger partial charge in [0.15, 0.2) is 11.6 Å². The summed E-state index contributed by atoms with van der Waals surface area (Å²) in [5, 5.41) is 7.00. The molecule has 6 nitrogen and oxygen atoms in total. The van der Waals surface area contributed by atoms with E-state index in [-0.39, 0.29) is 0 Å². The van der Waals surface area contributed by atoms with Gasteiger partial charge in [0.1, 0.15) is 23.3 Å². The second-order valence-corrected chi connectivity index (χ2v) is 13.6. The molecule has 0 aliphatic rings. The molecular weight excluding hydrogens is 601 g/mol. The van der Waals surface area contributed by atoms with Crippen molar-refractivity contribution in [2.45, 2.75) is 62.3 Å². The second kappa shape index (κ2) is 11.2. The van der Waals surface area contributed by atoms with Crippen molar-refractivity contribution < 1.29 is 0 Å². The van der Waals surface area contributed by atoms with Gasteiger partial charge in [-0.3, -0.25) is 0 Å². The predicted octanol–water partition coefficient (Wildman–Crippen LogP) is 10.4. The summed E-state index contributed by atoms with van der Waals surface area (Å²) in [5.41, 5.74) is 13.1. The highest BCUT2D eigenvalue weighted by molar-refractivity contribution is 6.32. The number of hydrogen-bond donors (Lipinski definition) is 0. The molecule has 0 fully saturated rings. The first-order valence-corrected chi connectivity index (χ1v) is 16.8. The van der Waals surface area contributed by atoms with Crippen LogP contribution in [0.5, 0.6) is 0 Å². The Kier molecular flexibility index (Phi) is 7.04. The van der Waals surface area contributed by atoms with Crippen LogP contribution in [-0.4, -0.2) is 29.9 Å². The zero-order valence-corrected chi connectivity index (χ0v) is 29.5. The molecular formula is C43H38N6. The van der Waals surface area contributed by atoms with Crippen molar-refractivity contribution in [1.29, 1.82) is 0 Å². The van der Waals surface area contributed by atoms with E-state index in [0.717, 1.165) is 21.9 Å². The maximum Gasteiger partial charge on any atom is 0.163 e. The van der Waals surface area contributed by atoms with E-state index in [9.17, 15) is 0 Å². The molecule has 2 aromatic heterocycles. The van der Waals surface area contributed by atoms with Crippen LogP contribution in [0.3, 0.4) is 0 Å². The zero-order chi connectivity index (χ0) is 34.3. The molecule has 0 unspecified atom stereocenters. The number of hydrogen-bond acceptors (Lipinski definition) is 6. The Morgan fingerprint density at radius 1 is 0.347 bits per heavy atom. The van der Waals surface area contributed by atoms with Gasteiger partial charge >= 0.3 is 0 Å². The van der Waals surface area contributed by atoms with Gasteiger partial charge in [0.2, 0.25) is 0 Å². The van der Waals surface area contributed by atoms with E-state index in [2.05, 4.69) is 111 Å². The molecule has 6 heteroatoms. The lowest BCUT2D eigenvalue weighted by Gasteiger charge is -2.23. The molecule has 240 valence electrons. The van der Waals surface area contributed by atoms with Crippen LogP contribution in [0.1, 0.15) is 51.1 Å². The van der Waals surface area contributed by atoms with Crippen LogP contribution < -0.4 is 0 Å². The number of aromatic nitrogens is 6. The molecule has 0 aliphatic carbocycles. The Hall–Kier alpha value is -5.62. The summed E-state index contributed by atoms with van der Waals surface area (Å²) >= 11 is 0. The van der Waals surface area contributed by atoms with Gasteiger partial charge in [-0.05, 0) is 163 Å². The van der Waals surface area contributed by atoms with Crippen LogP contribution in [0.15, 0.2) is 66.7 Å². The molecule has 0 N–H and O–H groups in total. The van der Waals surface area contributed by atoms with Gasteiger partial charge in [-0.15, -0.1) is 0 Å². The van der Waals surface area contributed by atoms with Gasteiger partial charge in [0, 0.05) is 11.1 Å². The average Bonchev–Trinajstić information content (AvgIpc) is 3.02. The molecule has 2 heterocycles. The highest BCUT2D eigenvalue weighted by Crippen LogP contribution is 2.49. The van der Waals surface area contributed by atoms with Gasteiger partial charge in [-0.1, -0.05) is 48.0 Å². The summed E-state index contributed by atoms with van der Waals surface area (Å²) in [4.78, 5) is 28.5. The van der Waals surface area contributed by atoms with Crippen molar-refractivity contribution in [2.24, 2.45) is 0 Å². The summed E-state index contributed by atoms with van der Waals surface area (Å²) in [6, 6.07) is 24.8. The van der Waals surface area contributed by atoms with Gasteiger partial charge in [-0.2, -0.15) is 0 Å². The number of aryl methyl sites for hydroxylation is 9. The lowest BCUT2D eigenvalue weighted by Crippen LogP contribution is -2.02. The van der Waals surface area contributed by atoms with E-state index in [1.165, 1.54) is 71.6 Å². The van der Waals surface area contributed by atoms with Crippen LogP contribution in [0, 0.1) is 62.3 Å². The Labute approximate surface area is 286 Å². The van der Waals surface area contributed by atoms with E-state index in [0.29, 0.717) is 34.9 Å².